The molecule has 0 amide bonds. The second-order valence-corrected chi connectivity index (χ2v) is 7.27. The van der Waals surface area contributed by atoms with E-state index < -0.39 is 17.5 Å². The Labute approximate surface area is 160 Å². The standard InChI is InChI=1S/C21H21F4NO2/c22-18-6-4-14(5-7-18)19-20(27-11-10-26-19)9-8-16(13-28-20)15-2-1-3-17(12-15)21(23,24)25/h1-7,12,16,19,26H,8-11,13H2. The molecule has 7 heteroatoms. The molecule has 0 aliphatic carbocycles. The molecule has 150 valence electrons. The van der Waals surface area contributed by atoms with Crippen LogP contribution in [0.15, 0.2) is 48.5 Å². The lowest BCUT2D eigenvalue weighted by Gasteiger charge is -2.48. The van der Waals surface area contributed by atoms with Crippen molar-refractivity contribution in [3.63, 3.8) is 0 Å². The molecule has 0 bridgehead atoms. The molecular formula is C21H21F4NO2. The van der Waals surface area contributed by atoms with Gasteiger partial charge in [-0.2, -0.15) is 13.2 Å². The van der Waals surface area contributed by atoms with Gasteiger partial charge in [0.2, 0.25) is 0 Å². The van der Waals surface area contributed by atoms with Crippen LogP contribution in [0, 0.1) is 5.82 Å². The van der Waals surface area contributed by atoms with E-state index in [4.69, 9.17) is 9.47 Å². The zero-order valence-electron chi connectivity index (χ0n) is 15.1. The van der Waals surface area contributed by atoms with Gasteiger partial charge >= 0.3 is 6.18 Å². The maximum absolute atomic E-state index is 13.3. The zero-order chi connectivity index (χ0) is 19.8. The summed E-state index contributed by atoms with van der Waals surface area (Å²) in [4.78, 5) is 0. The van der Waals surface area contributed by atoms with E-state index in [0.717, 1.165) is 11.6 Å². The molecule has 2 fully saturated rings. The lowest BCUT2D eigenvalue weighted by molar-refractivity contribution is -0.289. The Morgan fingerprint density at radius 1 is 1.00 bits per heavy atom. The molecule has 0 saturated carbocycles. The summed E-state index contributed by atoms with van der Waals surface area (Å²) in [6.45, 7) is 1.39. The third-order valence-corrected chi connectivity index (χ3v) is 5.50. The van der Waals surface area contributed by atoms with Gasteiger partial charge in [0.1, 0.15) is 5.82 Å². The molecular weight excluding hydrogens is 374 g/mol. The second-order valence-electron chi connectivity index (χ2n) is 7.27. The number of hydrogen-bond donors (Lipinski definition) is 1. The van der Waals surface area contributed by atoms with Crippen molar-refractivity contribution in [1.29, 1.82) is 0 Å². The highest BCUT2D eigenvalue weighted by Gasteiger charge is 2.47. The molecule has 3 nitrogen and oxygen atoms in total. The molecule has 2 aromatic rings. The van der Waals surface area contributed by atoms with E-state index in [9.17, 15) is 17.6 Å². The number of hydrogen-bond acceptors (Lipinski definition) is 3. The van der Waals surface area contributed by atoms with Gasteiger partial charge in [0.15, 0.2) is 5.79 Å². The molecule has 4 rings (SSSR count). The van der Waals surface area contributed by atoms with Crippen LogP contribution in [0.25, 0.3) is 0 Å². The van der Waals surface area contributed by atoms with Gasteiger partial charge < -0.3 is 14.8 Å². The average Bonchev–Trinajstić information content (AvgIpc) is 2.69. The highest BCUT2D eigenvalue weighted by molar-refractivity contribution is 5.29. The molecule has 0 radical (unpaired) electrons. The lowest BCUT2D eigenvalue weighted by atomic mass is 9.84. The maximum Gasteiger partial charge on any atom is 0.416 e. The van der Waals surface area contributed by atoms with E-state index in [1.807, 2.05) is 0 Å². The third-order valence-electron chi connectivity index (χ3n) is 5.50. The van der Waals surface area contributed by atoms with Crippen LogP contribution in [0.4, 0.5) is 17.6 Å². The number of benzene rings is 2. The van der Waals surface area contributed by atoms with Crippen LogP contribution in [0.2, 0.25) is 0 Å². The SMILES string of the molecule is Fc1ccc(C2NCCOC23CCC(c2cccc(C(F)(F)F)c2)CO3)cc1. The molecule has 2 aromatic carbocycles. The predicted molar refractivity (Wildman–Crippen MR) is 95.2 cm³/mol. The molecule has 3 unspecified atom stereocenters. The predicted octanol–water partition coefficient (Wildman–Crippen LogP) is 4.80. The van der Waals surface area contributed by atoms with Gasteiger partial charge in [-0.25, -0.2) is 4.39 Å². The van der Waals surface area contributed by atoms with Crippen molar-refractivity contribution in [1.82, 2.24) is 5.32 Å². The van der Waals surface area contributed by atoms with Gasteiger partial charge in [-0.05, 0) is 35.7 Å². The number of halogens is 4. The van der Waals surface area contributed by atoms with Gasteiger partial charge in [-0.1, -0.05) is 30.3 Å². The van der Waals surface area contributed by atoms with Crippen molar-refractivity contribution in [2.24, 2.45) is 0 Å². The van der Waals surface area contributed by atoms with Crippen molar-refractivity contribution in [3.8, 4) is 0 Å². The molecule has 3 atom stereocenters. The van der Waals surface area contributed by atoms with Gasteiger partial charge in [-0.15, -0.1) is 0 Å². The first kappa shape index (κ1) is 19.4. The molecule has 2 heterocycles. The largest absolute Gasteiger partial charge is 0.416 e. The van der Waals surface area contributed by atoms with E-state index in [2.05, 4.69) is 5.32 Å². The Morgan fingerprint density at radius 2 is 1.79 bits per heavy atom. The molecule has 1 N–H and O–H groups in total. The highest BCUT2D eigenvalue weighted by atomic mass is 19.4. The Bertz CT molecular complexity index is 814. The highest BCUT2D eigenvalue weighted by Crippen LogP contribution is 2.44. The van der Waals surface area contributed by atoms with Crippen LogP contribution in [-0.4, -0.2) is 25.5 Å². The van der Waals surface area contributed by atoms with Gasteiger partial charge in [-0.3, -0.25) is 0 Å². The van der Waals surface area contributed by atoms with Crippen LogP contribution in [-0.2, 0) is 15.7 Å². The monoisotopic (exact) mass is 395 g/mol. The van der Waals surface area contributed by atoms with Gasteiger partial charge in [0.25, 0.3) is 0 Å². The summed E-state index contributed by atoms with van der Waals surface area (Å²) in [7, 11) is 0. The fraction of sp³-hybridized carbons (Fsp3) is 0.429. The van der Waals surface area contributed by atoms with Gasteiger partial charge in [0, 0.05) is 18.9 Å². The van der Waals surface area contributed by atoms with E-state index in [1.165, 1.54) is 24.3 Å². The topological polar surface area (TPSA) is 30.5 Å². The van der Waals surface area contributed by atoms with Crippen molar-refractivity contribution >= 4 is 0 Å². The first-order valence-corrected chi connectivity index (χ1v) is 9.31. The normalized spacial score (nSPS) is 28.4. The van der Waals surface area contributed by atoms with Crippen molar-refractivity contribution in [2.45, 2.75) is 36.8 Å². The number of morpholine rings is 1. The van der Waals surface area contributed by atoms with Crippen LogP contribution < -0.4 is 5.32 Å². The van der Waals surface area contributed by atoms with E-state index in [0.29, 0.717) is 31.6 Å². The smallest absolute Gasteiger partial charge is 0.347 e. The maximum atomic E-state index is 13.3. The fourth-order valence-electron chi connectivity index (χ4n) is 4.04. The Hall–Kier alpha value is -1.96. The summed E-state index contributed by atoms with van der Waals surface area (Å²) < 4.78 is 64.4. The molecule has 1 spiro atoms. The lowest BCUT2D eigenvalue weighted by Crippen LogP contribution is -2.56. The number of nitrogens with one attached hydrogen (secondary N) is 1. The van der Waals surface area contributed by atoms with Gasteiger partial charge in [0.05, 0.1) is 24.8 Å². The number of ether oxygens (including phenoxy) is 2. The average molecular weight is 395 g/mol. The summed E-state index contributed by atoms with van der Waals surface area (Å²) in [6.07, 6.45) is -3.19. The Morgan fingerprint density at radius 3 is 2.46 bits per heavy atom. The van der Waals surface area contributed by atoms with Crippen molar-refractivity contribution in [2.75, 3.05) is 19.8 Å². The first-order chi connectivity index (χ1) is 13.4. The summed E-state index contributed by atoms with van der Waals surface area (Å²) in [5.41, 5.74) is 0.829. The minimum atomic E-state index is -4.36. The van der Waals surface area contributed by atoms with Crippen LogP contribution in [0.5, 0.6) is 0 Å². The van der Waals surface area contributed by atoms with Crippen molar-refractivity contribution in [3.05, 3.63) is 71.0 Å². The zero-order valence-corrected chi connectivity index (χ0v) is 15.1. The van der Waals surface area contributed by atoms with E-state index in [-0.39, 0.29) is 24.4 Å². The van der Waals surface area contributed by atoms with Crippen LogP contribution >= 0.6 is 0 Å². The van der Waals surface area contributed by atoms with E-state index in [1.54, 1.807) is 18.2 Å². The third kappa shape index (κ3) is 3.79. The number of alkyl halides is 3. The van der Waals surface area contributed by atoms with E-state index >= 15 is 0 Å². The molecule has 2 aliphatic heterocycles. The van der Waals surface area contributed by atoms with Crippen LogP contribution in [0.1, 0.15) is 41.5 Å². The molecule has 0 aromatic heterocycles. The summed E-state index contributed by atoms with van der Waals surface area (Å²) >= 11 is 0. The molecule has 2 aliphatic rings. The fourth-order valence-corrected chi connectivity index (χ4v) is 4.04. The Balaban J connectivity index is 1.52. The molecule has 28 heavy (non-hydrogen) atoms. The van der Waals surface area contributed by atoms with Crippen LogP contribution in [0.3, 0.4) is 0 Å². The van der Waals surface area contributed by atoms with Crippen molar-refractivity contribution < 1.29 is 27.0 Å². The molecule has 2 saturated heterocycles. The minimum Gasteiger partial charge on any atom is -0.347 e. The summed E-state index contributed by atoms with van der Waals surface area (Å²) in [5, 5.41) is 3.38. The summed E-state index contributed by atoms with van der Waals surface area (Å²) in [5.74, 6) is -1.34. The summed E-state index contributed by atoms with van der Waals surface area (Å²) in [6, 6.07) is 11.3. The first-order valence-electron chi connectivity index (χ1n) is 9.31. The second kappa shape index (κ2) is 7.46. The quantitative estimate of drug-likeness (QED) is 0.742. The Kier molecular flexibility index (Phi) is 5.16. The minimum absolute atomic E-state index is 0.132. The number of rotatable bonds is 2.